The molecule has 3 nitrogen and oxygen atoms in total. The van der Waals surface area contributed by atoms with Crippen LogP contribution in [0.5, 0.6) is 11.5 Å². The Morgan fingerprint density at radius 3 is 2.40 bits per heavy atom. The highest BCUT2D eigenvalue weighted by Crippen LogP contribution is 2.33. The predicted octanol–water partition coefficient (Wildman–Crippen LogP) is 3.70. The Morgan fingerprint density at radius 1 is 1.20 bits per heavy atom. The highest BCUT2D eigenvalue weighted by molar-refractivity contribution is 5.42. The molecule has 0 radical (unpaired) electrons. The lowest BCUT2D eigenvalue weighted by molar-refractivity contribution is -0.135. The molecule has 0 aromatic heterocycles. The van der Waals surface area contributed by atoms with Gasteiger partial charge in [0.1, 0.15) is 11.5 Å². The van der Waals surface area contributed by atoms with Gasteiger partial charge in [0.15, 0.2) is 0 Å². The molecule has 1 N–H and O–H groups in total. The van der Waals surface area contributed by atoms with Crippen LogP contribution in [0.1, 0.15) is 30.9 Å². The van der Waals surface area contributed by atoms with Gasteiger partial charge >= 0.3 is 6.18 Å². The van der Waals surface area contributed by atoms with Crippen LogP contribution < -0.4 is 14.8 Å². The molecular weight excluding hydrogens is 271 g/mol. The van der Waals surface area contributed by atoms with E-state index < -0.39 is 12.6 Å². The Kier molecular flexibility index (Phi) is 6.13. The van der Waals surface area contributed by atoms with Crippen LogP contribution >= 0.6 is 0 Å². The first-order valence-corrected chi connectivity index (χ1v) is 6.37. The lowest BCUT2D eigenvalue weighted by Gasteiger charge is -2.20. The van der Waals surface area contributed by atoms with Gasteiger partial charge in [0.2, 0.25) is 0 Å². The van der Waals surface area contributed by atoms with Crippen molar-refractivity contribution in [1.82, 2.24) is 5.32 Å². The third-order valence-electron chi connectivity index (χ3n) is 3.12. The summed E-state index contributed by atoms with van der Waals surface area (Å²) in [5, 5.41) is 3.03. The lowest BCUT2D eigenvalue weighted by atomic mass is 10.00. The number of methoxy groups -OCH3 is 2. The molecule has 1 aromatic carbocycles. The zero-order chi connectivity index (χ0) is 15.2. The van der Waals surface area contributed by atoms with E-state index in [1.165, 1.54) is 7.11 Å². The predicted molar refractivity (Wildman–Crippen MR) is 71.3 cm³/mol. The standard InChI is InChI=1S/C14H20F3NO2/c1-18-12(5-4-8-14(15,16)17)11-7-6-10(19-2)9-13(11)20-3/h6-7,9,12,18H,4-5,8H2,1-3H3. The van der Waals surface area contributed by atoms with Crippen molar-refractivity contribution in [3.8, 4) is 11.5 Å². The van der Waals surface area contributed by atoms with E-state index in [1.54, 1.807) is 26.3 Å². The summed E-state index contributed by atoms with van der Waals surface area (Å²) >= 11 is 0. The molecular formula is C14H20F3NO2. The average Bonchev–Trinajstić information content (AvgIpc) is 2.42. The van der Waals surface area contributed by atoms with Crippen molar-refractivity contribution >= 4 is 0 Å². The molecule has 0 amide bonds. The maximum Gasteiger partial charge on any atom is 0.389 e. The lowest BCUT2D eigenvalue weighted by Crippen LogP contribution is -2.18. The number of alkyl halides is 3. The molecule has 0 spiro atoms. The van der Waals surface area contributed by atoms with E-state index in [9.17, 15) is 13.2 Å². The molecule has 6 heteroatoms. The average molecular weight is 291 g/mol. The van der Waals surface area contributed by atoms with Gasteiger partial charge in [0.25, 0.3) is 0 Å². The molecule has 0 saturated heterocycles. The van der Waals surface area contributed by atoms with Crippen molar-refractivity contribution in [3.63, 3.8) is 0 Å². The summed E-state index contributed by atoms with van der Waals surface area (Å²) in [6.45, 7) is 0. The van der Waals surface area contributed by atoms with Crippen LogP contribution in [0, 0.1) is 0 Å². The molecule has 1 unspecified atom stereocenters. The van der Waals surface area contributed by atoms with Crippen LogP contribution in [0.3, 0.4) is 0 Å². The van der Waals surface area contributed by atoms with Gasteiger partial charge in [-0.1, -0.05) is 6.07 Å². The topological polar surface area (TPSA) is 30.5 Å². The van der Waals surface area contributed by atoms with E-state index in [0.29, 0.717) is 17.9 Å². The first-order chi connectivity index (χ1) is 9.41. The van der Waals surface area contributed by atoms with Crippen molar-refractivity contribution < 1.29 is 22.6 Å². The van der Waals surface area contributed by atoms with Gasteiger partial charge in [0, 0.05) is 24.1 Å². The summed E-state index contributed by atoms with van der Waals surface area (Å²) in [5.74, 6) is 1.26. The molecule has 0 aliphatic carbocycles. The quantitative estimate of drug-likeness (QED) is 0.831. The Balaban J connectivity index is 2.78. The van der Waals surface area contributed by atoms with E-state index in [1.807, 2.05) is 6.07 Å². The molecule has 0 saturated carbocycles. The highest BCUT2D eigenvalue weighted by atomic mass is 19.4. The number of hydrogen-bond donors (Lipinski definition) is 1. The van der Waals surface area contributed by atoms with Crippen LogP contribution in [-0.4, -0.2) is 27.4 Å². The van der Waals surface area contributed by atoms with Crippen LogP contribution in [-0.2, 0) is 0 Å². The second-order valence-corrected chi connectivity index (χ2v) is 4.46. The number of halogens is 3. The van der Waals surface area contributed by atoms with Gasteiger partial charge in [-0.25, -0.2) is 0 Å². The number of nitrogens with one attached hydrogen (secondary N) is 1. The molecule has 0 aliphatic rings. The SMILES string of the molecule is CNC(CCCC(F)(F)F)c1ccc(OC)cc1OC. The minimum Gasteiger partial charge on any atom is -0.497 e. The van der Waals surface area contributed by atoms with Gasteiger partial charge in [-0.2, -0.15) is 13.2 Å². The monoisotopic (exact) mass is 291 g/mol. The molecule has 1 aromatic rings. The highest BCUT2D eigenvalue weighted by Gasteiger charge is 2.27. The van der Waals surface area contributed by atoms with Gasteiger partial charge in [-0.05, 0) is 26.0 Å². The fourth-order valence-corrected chi connectivity index (χ4v) is 2.07. The van der Waals surface area contributed by atoms with Crippen LogP contribution in [0.2, 0.25) is 0 Å². The molecule has 0 heterocycles. The summed E-state index contributed by atoms with van der Waals surface area (Å²) < 4.78 is 47.0. The van der Waals surface area contributed by atoms with Gasteiger partial charge in [0.05, 0.1) is 14.2 Å². The van der Waals surface area contributed by atoms with E-state index in [-0.39, 0.29) is 12.5 Å². The fraction of sp³-hybridized carbons (Fsp3) is 0.571. The zero-order valence-electron chi connectivity index (χ0n) is 11.9. The largest absolute Gasteiger partial charge is 0.497 e. The Hall–Kier alpha value is -1.43. The zero-order valence-corrected chi connectivity index (χ0v) is 11.9. The normalized spacial score (nSPS) is 13.1. The third-order valence-corrected chi connectivity index (χ3v) is 3.12. The summed E-state index contributed by atoms with van der Waals surface area (Å²) in [6, 6.07) is 5.13. The van der Waals surface area contributed by atoms with Crippen LogP contribution in [0.15, 0.2) is 18.2 Å². The van der Waals surface area contributed by atoms with Crippen molar-refractivity contribution in [1.29, 1.82) is 0 Å². The molecule has 20 heavy (non-hydrogen) atoms. The van der Waals surface area contributed by atoms with Gasteiger partial charge in [-0.15, -0.1) is 0 Å². The fourth-order valence-electron chi connectivity index (χ4n) is 2.07. The van der Waals surface area contributed by atoms with Gasteiger partial charge in [-0.3, -0.25) is 0 Å². The first kappa shape index (κ1) is 16.6. The number of benzene rings is 1. The maximum absolute atomic E-state index is 12.2. The first-order valence-electron chi connectivity index (χ1n) is 6.37. The summed E-state index contributed by atoms with van der Waals surface area (Å²) in [6.07, 6.45) is -4.42. The summed E-state index contributed by atoms with van der Waals surface area (Å²) in [7, 11) is 4.80. The number of ether oxygens (including phenoxy) is 2. The van der Waals surface area contributed by atoms with E-state index >= 15 is 0 Å². The molecule has 1 atom stereocenters. The van der Waals surface area contributed by atoms with E-state index in [0.717, 1.165) is 5.56 Å². The molecule has 1 rings (SSSR count). The van der Waals surface area contributed by atoms with Crippen molar-refractivity contribution in [2.24, 2.45) is 0 Å². The third kappa shape index (κ3) is 4.92. The minimum absolute atomic E-state index is 0.0736. The molecule has 0 fully saturated rings. The summed E-state index contributed by atoms with van der Waals surface area (Å²) in [5.41, 5.74) is 0.831. The Morgan fingerprint density at radius 2 is 1.90 bits per heavy atom. The Labute approximate surface area is 117 Å². The smallest absolute Gasteiger partial charge is 0.389 e. The van der Waals surface area contributed by atoms with Crippen molar-refractivity contribution in [2.75, 3.05) is 21.3 Å². The Bertz CT molecular complexity index is 421. The van der Waals surface area contributed by atoms with E-state index in [4.69, 9.17) is 9.47 Å². The van der Waals surface area contributed by atoms with Crippen molar-refractivity contribution in [3.05, 3.63) is 23.8 Å². The summed E-state index contributed by atoms with van der Waals surface area (Å²) in [4.78, 5) is 0. The van der Waals surface area contributed by atoms with Crippen LogP contribution in [0.25, 0.3) is 0 Å². The number of hydrogen-bond acceptors (Lipinski definition) is 3. The van der Waals surface area contributed by atoms with Crippen LogP contribution in [0.4, 0.5) is 13.2 Å². The van der Waals surface area contributed by atoms with Crippen molar-refractivity contribution in [2.45, 2.75) is 31.5 Å². The molecule has 114 valence electrons. The van der Waals surface area contributed by atoms with Gasteiger partial charge < -0.3 is 14.8 Å². The molecule has 0 bridgehead atoms. The number of rotatable bonds is 7. The molecule has 0 aliphatic heterocycles. The van der Waals surface area contributed by atoms with E-state index in [2.05, 4.69) is 5.32 Å². The second-order valence-electron chi connectivity index (χ2n) is 4.46. The maximum atomic E-state index is 12.2. The second kappa shape index (κ2) is 7.38. The minimum atomic E-state index is -4.11.